The van der Waals surface area contributed by atoms with Gasteiger partial charge in [0.05, 0.1) is 10.7 Å². The molecule has 0 aromatic carbocycles. The van der Waals surface area contributed by atoms with Crippen LogP contribution < -0.4 is 5.73 Å². The van der Waals surface area contributed by atoms with Crippen LogP contribution in [-0.4, -0.2) is 42.0 Å². The summed E-state index contributed by atoms with van der Waals surface area (Å²) in [7, 11) is -1.74. The number of aromatic nitrogens is 1. The van der Waals surface area contributed by atoms with Crippen LogP contribution in [0.4, 0.5) is 0 Å². The SMILES string of the molecule is CN(CCC(N)=S)S(=O)(=O)CCc1ccccn1. The normalized spacial score (nSPS) is 11.7. The minimum atomic E-state index is -3.28. The Labute approximate surface area is 113 Å². The van der Waals surface area contributed by atoms with Crippen molar-refractivity contribution in [3.8, 4) is 0 Å². The van der Waals surface area contributed by atoms with E-state index < -0.39 is 10.0 Å². The Balaban J connectivity index is 2.51. The van der Waals surface area contributed by atoms with Crippen LogP contribution in [0.5, 0.6) is 0 Å². The van der Waals surface area contributed by atoms with Gasteiger partial charge in [-0.3, -0.25) is 4.98 Å². The van der Waals surface area contributed by atoms with E-state index in [-0.39, 0.29) is 5.75 Å². The maximum absolute atomic E-state index is 11.9. The maximum Gasteiger partial charge on any atom is 0.214 e. The molecular formula is C11H17N3O2S2. The zero-order valence-electron chi connectivity index (χ0n) is 10.2. The molecule has 1 rings (SSSR count). The number of hydrogen-bond acceptors (Lipinski definition) is 4. The Hall–Kier alpha value is -1.05. The fraction of sp³-hybridized carbons (Fsp3) is 0.455. The first kappa shape index (κ1) is 15.0. The standard InChI is InChI=1S/C11H17N3O2S2/c1-14(8-5-11(12)17)18(15,16)9-6-10-4-2-3-7-13-10/h2-4,7H,5-6,8-9H2,1H3,(H2,12,17). The molecule has 0 radical (unpaired) electrons. The van der Waals surface area contributed by atoms with Crippen molar-refractivity contribution in [3.05, 3.63) is 30.1 Å². The second kappa shape index (κ2) is 6.77. The number of nitrogens with zero attached hydrogens (tertiary/aromatic N) is 2. The van der Waals surface area contributed by atoms with Gasteiger partial charge in [0.15, 0.2) is 0 Å². The molecule has 0 spiro atoms. The van der Waals surface area contributed by atoms with Gasteiger partial charge < -0.3 is 5.73 Å². The van der Waals surface area contributed by atoms with Gasteiger partial charge in [-0.2, -0.15) is 0 Å². The predicted octanol–water partition coefficient (Wildman–Crippen LogP) is 0.562. The van der Waals surface area contributed by atoms with E-state index in [2.05, 4.69) is 4.98 Å². The lowest BCUT2D eigenvalue weighted by Gasteiger charge is -2.16. The fourth-order valence-electron chi connectivity index (χ4n) is 1.34. The third-order valence-corrected chi connectivity index (χ3v) is 4.55. The molecule has 7 heteroatoms. The van der Waals surface area contributed by atoms with Crippen LogP contribution >= 0.6 is 12.2 Å². The molecule has 1 heterocycles. The van der Waals surface area contributed by atoms with Crippen molar-refractivity contribution in [3.63, 3.8) is 0 Å². The van der Waals surface area contributed by atoms with E-state index in [1.165, 1.54) is 11.4 Å². The summed E-state index contributed by atoms with van der Waals surface area (Å²) in [5, 5.41) is 0. The lowest BCUT2D eigenvalue weighted by molar-refractivity contribution is 0.478. The second-order valence-corrected chi connectivity index (χ2v) is 6.64. The molecule has 1 aromatic rings. The fourth-order valence-corrected chi connectivity index (χ4v) is 2.58. The minimum absolute atomic E-state index is 0.0395. The molecule has 0 aliphatic rings. The summed E-state index contributed by atoms with van der Waals surface area (Å²) in [6.07, 6.45) is 2.45. The Morgan fingerprint density at radius 1 is 1.50 bits per heavy atom. The van der Waals surface area contributed by atoms with Crippen LogP contribution in [-0.2, 0) is 16.4 Å². The molecule has 0 amide bonds. The highest BCUT2D eigenvalue weighted by Gasteiger charge is 2.17. The molecule has 0 bridgehead atoms. The molecular weight excluding hydrogens is 270 g/mol. The molecule has 0 fully saturated rings. The van der Waals surface area contributed by atoms with Crippen molar-refractivity contribution in [2.75, 3.05) is 19.3 Å². The average Bonchev–Trinajstić information content (AvgIpc) is 2.34. The number of hydrogen-bond donors (Lipinski definition) is 1. The first-order valence-corrected chi connectivity index (χ1v) is 7.56. The molecule has 0 unspecified atom stereocenters. The highest BCUT2D eigenvalue weighted by Crippen LogP contribution is 2.04. The first-order chi connectivity index (χ1) is 8.42. The van der Waals surface area contributed by atoms with Gasteiger partial charge >= 0.3 is 0 Å². The summed E-state index contributed by atoms with van der Waals surface area (Å²) in [4.78, 5) is 4.41. The summed E-state index contributed by atoms with van der Waals surface area (Å²) in [6.45, 7) is 0.319. The van der Waals surface area contributed by atoms with Gasteiger partial charge in [0, 0.05) is 38.3 Å². The summed E-state index contributed by atoms with van der Waals surface area (Å²) in [5.41, 5.74) is 6.12. The topological polar surface area (TPSA) is 76.3 Å². The van der Waals surface area contributed by atoms with Gasteiger partial charge in [-0.25, -0.2) is 12.7 Å². The largest absolute Gasteiger partial charge is 0.393 e. The van der Waals surface area contributed by atoms with Crippen molar-refractivity contribution in [1.29, 1.82) is 0 Å². The predicted molar refractivity (Wildman–Crippen MR) is 75.8 cm³/mol. The Kier molecular flexibility index (Phi) is 5.64. The Bertz CT molecular complexity index is 488. The summed E-state index contributed by atoms with van der Waals surface area (Å²) in [6, 6.07) is 5.45. The van der Waals surface area contributed by atoms with Crippen molar-refractivity contribution >= 4 is 27.2 Å². The van der Waals surface area contributed by atoms with E-state index in [1.807, 2.05) is 12.1 Å². The van der Waals surface area contributed by atoms with E-state index in [0.29, 0.717) is 24.4 Å². The lowest BCUT2D eigenvalue weighted by atomic mass is 10.3. The third kappa shape index (κ3) is 5.07. The van der Waals surface area contributed by atoms with Crippen LogP contribution in [0.15, 0.2) is 24.4 Å². The van der Waals surface area contributed by atoms with E-state index >= 15 is 0 Å². The van der Waals surface area contributed by atoms with E-state index in [4.69, 9.17) is 18.0 Å². The molecule has 0 aliphatic heterocycles. The van der Waals surface area contributed by atoms with Crippen molar-refractivity contribution in [2.45, 2.75) is 12.8 Å². The van der Waals surface area contributed by atoms with Gasteiger partial charge in [-0.15, -0.1) is 0 Å². The van der Waals surface area contributed by atoms with E-state index in [0.717, 1.165) is 5.69 Å². The van der Waals surface area contributed by atoms with Crippen molar-refractivity contribution in [2.24, 2.45) is 5.73 Å². The van der Waals surface area contributed by atoms with Crippen LogP contribution in [0, 0.1) is 0 Å². The van der Waals surface area contributed by atoms with Crippen LogP contribution in [0.2, 0.25) is 0 Å². The molecule has 5 nitrogen and oxygen atoms in total. The van der Waals surface area contributed by atoms with Gasteiger partial charge in [0.2, 0.25) is 10.0 Å². The molecule has 0 aliphatic carbocycles. The number of pyridine rings is 1. The zero-order valence-corrected chi connectivity index (χ0v) is 11.9. The maximum atomic E-state index is 11.9. The van der Waals surface area contributed by atoms with Gasteiger partial charge in [0.25, 0.3) is 0 Å². The number of thiocarbonyl (C=S) groups is 1. The number of nitrogens with two attached hydrogens (primary N) is 1. The quantitative estimate of drug-likeness (QED) is 0.742. The molecule has 100 valence electrons. The molecule has 0 saturated carbocycles. The van der Waals surface area contributed by atoms with Crippen LogP contribution in [0.25, 0.3) is 0 Å². The number of aryl methyl sites for hydroxylation is 1. The van der Waals surface area contributed by atoms with Crippen molar-refractivity contribution < 1.29 is 8.42 Å². The summed E-state index contributed by atoms with van der Waals surface area (Å²) in [5.74, 6) is 0.0395. The van der Waals surface area contributed by atoms with Crippen LogP contribution in [0.1, 0.15) is 12.1 Å². The highest BCUT2D eigenvalue weighted by atomic mass is 32.2. The average molecular weight is 287 g/mol. The smallest absolute Gasteiger partial charge is 0.214 e. The number of sulfonamides is 1. The van der Waals surface area contributed by atoms with Gasteiger partial charge in [-0.1, -0.05) is 18.3 Å². The molecule has 0 atom stereocenters. The lowest BCUT2D eigenvalue weighted by Crippen LogP contribution is -2.32. The molecule has 18 heavy (non-hydrogen) atoms. The third-order valence-electron chi connectivity index (χ3n) is 2.49. The monoisotopic (exact) mass is 287 g/mol. The molecule has 2 N–H and O–H groups in total. The zero-order chi connectivity index (χ0) is 13.6. The van der Waals surface area contributed by atoms with Gasteiger partial charge in [-0.05, 0) is 12.1 Å². The first-order valence-electron chi connectivity index (χ1n) is 5.54. The van der Waals surface area contributed by atoms with E-state index in [1.54, 1.807) is 12.3 Å². The summed E-state index contributed by atoms with van der Waals surface area (Å²) < 4.78 is 25.1. The van der Waals surface area contributed by atoms with Crippen molar-refractivity contribution in [1.82, 2.24) is 9.29 Å². The Morgan fingerprint density at radius 3 is 2.78 bits per heavy atom. The Morgan fingerprint density at radius 2 is 2.22 bits per heavy atom. The van der Waals surface area contributed by atoms with Gasteiger partial charge in [0.1, 0.15) is 0 Å². The van der Waals surface area contributed by atoms with E-state index in [9.17, 15) is 8.42 Å². The highest BCUT2D eigenvalue weighted by molar-refractivity contribution is 7.89. The minimum Gasteiger partial charge on any atom is -0.393 e. The molecule has 0 saturated heterocycles. The second-order valence-electron chi connectivity index (χ2n) is 3.92. The number of rotatable bonds is 7. The summed E-state index contributed by atoms with van der Waals surface area (Å²) >= 11 is 4.72. The van der Waals surface area contributed by atoms with Crippen LogP contribution in [0.3, 0.4) is 0 Å². The molecule has 1 aromatic heterocycles.